The van der Waals surface area contributed by atoms with Crippen molar-refractivity contribution in [1.82, 2.24) is 0 Å². The van der Waals surface area contributed by atoms with Crippen molar-refractivity contribution in [2.45, 2.75) is 38.9 Å². The summed E-state index contributed by atoms with van der Waals surface area (Å²) in [4.78, 5) is 0. The molecule has 0 aliphatic heterocycles. The average molecular weight is 219 g/mol. The van der Waals surface area contributed by atoms with Gasteiger partial charge in [-0.1, -0.05) is 26.8 Å². The summed E-state index contributed by atoms with van der Waals surface area (Å²) < 4.78 is 22.5. The number of sulfonamides is 1. The molecular weight excluding hydrogens is 198 g/mol. The van der Waals surface area contributed by atoms with Gasteiger partial charge in [-0.25, -0.2) is 13.6 Å². The van der Waals surface area contributed by atoms with Gasteiger partial charge >= 0.3 is 0 Å². The fourth-order valence-electron chi connectivity index (χ4n) is 1.40. The molecule has 0 aliphatic carbocycles. The van der Waals surface area contributed by atoms with Crippen LogP contribution in [-0.4, -0.2) is 13.7 Å². The SMILES string of the molecule is C=C[C@@H](C)C[C@H](CC(C)C)S(N)(=O)=O. The summed E-state index contributed by atoms with van der Waals surface area (Å²) in [6.07, 6.45) is 2.95. The van der Waals surface area contributed by atoms with Crippen LogP contribution in [0, 0.1) is 11.8 Å². The van der Waals surface area contributed by atoms with Gasteiger partial charge in [-0.3, -0.25) is 0 Å². The molecule has 0 amide bonds. The van der Waals surface area contributed by atoms with Gasteiger partial charge in [0.05, 0.1) is 5.25 Å². The third-order valence-corrected chi connectivity index (χ3v) is 3.55. The van der Waals surface area contributed by atoms with E-state index < -0.39 is 15.3 Å². The second-order valence-electron chi connectivity index (χ2n) is 4.29. The van der Waals surface area contributed by atoms with Gasteiger partial charge < -0.3 is 0 Å². The third-order valence-electron chi connectivity index (χ3n) is 2.24. The van der Waals surface area contributed by atoms with E-state index in [1.54, 1.807) is 6.08 Å². The molecule has 0 aromatic carbocycles. The number of hydrogen-bond acceptors (Lipinski definition) is 2. The molecule has 0 radical (unpaired) electrons. The lowest BCUT2D eigenvalue weighted by Crippen LogP contribution is -2.31. The lowest BCUT2D eigenvalue weighted by atomic mass is 9.99. The van der Waals surface area contributed by atoms with Crippen LogP contribution in [0.3, 0.4) is 0 Å². The van der Waals surface area contributed by atoms with Crippen LogP contribution in [0.15, 0.2) is 12.7 Å². The number of hydrogen-bond donors (Lipinski definition) is 1. The second-order valence-corrected chi connectivity index (χ2v) is 6.13. The first kappa shape index (κ1) is 13.7. The fraction of sp³-hybridized carbons (Fsp3) is 0.800. The summed E-state index contributed by atoms with van der Waals surface area (Å²) in [5, 5.41) is 4.73. The first-order chi connectivity index (χ1) is 6.27. The normalized spacial score (nSPS) is 16.6. The quantitative estimate of drug-likeness (QED) is 0.694. The molecule has 14 heavy (non-hydrogen) atoms. The van der Waals surface area contributed by atoms with E-state index in [2.05, 4.69) is 6.58 Å². The van der Waals surface area contributed by atoms with Crippen LogP contribution in [0.25, 0.3) is 0 Å². The highest BCUT2D eigenvalue weighted by Gasteiger charge is 2.23. The van der Waals surface area contributed by atoms with Crippen LogP contribution >= 0.6 is 0 Å². The Hall–Kier alpha value is -0.350. The van der Waals surface area contributed by atoms with Gasteiger partial charge in [0.25, 0.3) is 0 Å². The van der Waals surface area contributed by atoms with E-state index in [4.69, 9.17) is 5.14 Å². The molecule has 0 heterocycles. The fourth-order valence-corrected chi connectivity index (χ4v) is 2.63. The predicted octanol–water partition coefficient (Wildman–Crippen LogP) is 1.90. The zero-order chi connectivity index (χ0) is 11.4. The Bertz CT molecular complexity index is 270. The molecule has 0 saturated carbocycles. The molecule has 84 valence electrons. The van der Waals surface area contributed by atoms with Crippen LogP contribution in [0.1, 0.15) is 33.6 Å². The highest BCUT2D eigenvalue weighted by Crippen LogP contribution is 2.19. The van der Waals surface area contributed by atoms with Crippen molar-refractivity contribution in [1.29, 1.82) is 0 Å². The molecule has 4 heteroatoms. The molecule has 3 nitrogen and oxygen atoms in total. The molecule has 0 bridgehead atoms. The van der Waals surface area contributed by atoms with Crippen molar-refractivity contribution >= 4 is 10.0 Å². The molecule has 0 aliphatic rings. The van der Waals surface area contributed by atoms with E-state index in [0.29, 0.717) is 18.8 Å². The summed E-state index contributed by atoms with van der Waals surface area (Å²) in [7, 11) is -3.41. The molecule has 2 N–H and O–H groups in total. The Labute approximate surface area is 87.4 Å². The van der Waals surface area contributed by atoms with Gasteiger partial charge in [-0.15, -0.1) is 6.58 Å². The minimum absolute atomic E-state index is 0.192. The number of primary sulfonamides is 1. The molecular formula is C10H21NO2S. The van der Waals surface area contributed by atoms with Gasteiger partial charge in [-0.05, 0) is 24.7 Å². The van der Waals surface area contributed by atoms with Crippen molar-refractivity contribution in [3.63, 3.8) is 0 Å². The Kier molecular flexibility index (Phi) is 5.37. The Morgan fingerprint density at radius 1 is 1.29 bits per heavy atom. The topological polar surface area (TPSA) is 60.2 Å². The van der Waals surface area contributed by atoms with Crippen molar-refractivity contribution in [2.24, 2.45) is 17.0 Å². The van der Waals surface area contributed by atoms with E-state index in [9.17, 15) is 8.42 Å². The zero-order valence-electron chi connectivity index (χ0n) is 9.23. The van der Waals surface area contributed by atoms with E-state index in [1.165, 1.54) is 0 Å². The highest BCUT2D eigenvalue weighted by molar-refractivity contribution is 7.89. The molecule has 0 spiro atoms. The first-order valence-electron chi connectivity index (χ1n) is 4.91. The van der Waals surface area contributed by atoms with Gasteiger partial charge in [0.15, 0.2) is 0 Å². The maximum absolute atomic E-state index is 11.3. The van der Waals surface area contributed by atoms with Gasteiger partial charge in [0.1, 0.15) is 0 Å². The van der Waals surface area contributed by atoms with Gasteiger partial charge in [0.2, 0.25) is 10.0 Å². The van der Waals surface area contributed by atoms with Crippen molar-refractivity contribution in [2.75, 3.05) is 0 Å². The van der Waals surface area contributed by atoms with Gasteiger partial charge in [0, 0.05) is 0 Å². The van der Waals surface area contributed by atoms with E-state index >= 15 is 0 Å². The van der Waals surface area contributed by atoms with Crippen LogP contribution in [0.2, 0.25) is 0 Å². The van der Waals surface area contributed by atoms with Crippen LogP contribution in [0.5, 0.6) is 0 Å². The number of nitrogens with two attached hydrogens (primary N) is 1. The van der Waals surface area contributed by atoms with Crippen molar-refractivity contribution in [3.05, 3.63) is 12.7 Å². The Morgan fingerprint density at radius 3 is 2.07 bits per heavy atom. The number of allylic oxidation sites excluding steroid dienone is 1. The number of rotatable bonds is 6. The van der Waals surface area contributed by atoms with E-state index in [0.717, 1.165) is 0 Å². The van der Waals surface area contributed by atoms with Gasteiger partial charge in [-0.2, -0.15) is 0 Å². The van der Waals surface area contributed by atoms with Crippen LogP contribution < -0.4 is 5.14 Å². The molecule has 0 aromatic rings. The molecule has 0 aromatic heterocycles. The van der Waals surface area contributed by atoms with Crippen molar-refractivity contribution in [3.8, 4) is 0 Å². The Morgan fingerprint density at radius 2 is 1.79 bits per heavy atom. The maximum atomic E-state index is 11.3. The molecule has 0 saturated heterocycles. The predicted molar refractivity (Wildman–Crippen MR) is 60.3 cm³/mol. The monoisotopic (exact) mass is 219 g/mol. The standard InChI is InChI=1S/C10H21NO2S/c1-5-9(4)7-10(6-8(2)3)14(11,12)13/h5,8-10H,1,6-7H2,2-4H3,(H2,11,12,13)/t9-,10+/m1/s1. The summed E-state index contributed by atoms with van der Waals surface area (Å²) in [5.41, 5.74) is 0. The summed E-state index contributed by atoms with van der Waals surface area (Å²) in [6.45, 7) is 9.58. The van der Waals surface area contributed by atoms with Crippen LogP contribution in [0.4, 0.5) is 0 Å². The average Bonchev–Trinajstić information content (AvgIpc) is 2.00. The minimum atomic E-state index is -3.41. The minimum Gasteiger partial charge on any atom is -0.228 e. The molecule has 2 atom stereocenters. The molecule has 0 rings (SSSR count). The molecule has 0 unspecified atom stereocenters. The smallest absolute Gasteiger partial charge is 0.211 e. The van der Waals surface area contributed by atoms with Crippen LogP contribution in [-0.2, 0) is 10.0 Å². The second kappa shape index (κ2) is 5.51. The zero-order valence-corrected chi connectivity index (χ0v) is 10.0. The maximum Gasteiger partial charge on any atom is 0.211 e. The lowest BCUT2D eigenvalue weighted by molar-refractivity contribution is 0.482. The largest absolute Gasteiger partial charge is 0.228 e. The van der Waals surface area contributed by atoms with Crippen molar-refractivity contribution < 1.29 is 8.42 Å². The van der Waals surface area contributed by atoms with E-state index in [1.807, 2.05) is 20.8 Å². The first-order valence-corrected chi connectivity index (χ1v) is 6.52. The Balaban J connectivity index is 4.49. The molecule has 0 fully saturated rings. The summed E-state index contributed by atoms with van der Waals surface area (Å²) >= 11 is 0. The lowest BCUT2D eigenvalue weighted by Gasteiger charge is -2.18. The third kappa shape index (κ3) is 5.40. The highest BCUT2D eigenvalue weighted by atomic mass is 32.2. The summed E-state index contributed by atoms with van der Waals surface area (Å²) in [6, 6.07) is 0. The summed E-state index contributed by atoms with van der Waals surface area (Å²) in [5.74, 6) is 0.535. The van der Waals surface area contributed by atoms with E-state index in [-0.39, 0.29) is 5.92 Å².